The molecule has 0 aromatic heterocycles. The summed E-state index contributed by atoms with van der Waals surface area (Å²) in [6, 6.07) is 10.1. The number of halogens is 2. The van der Waals surface area contributed by atoms with Gasteiger partial charge in [0.05, 0.1) is 16.3 Å². The van der Waals surface area contributed by atoms with E-state index in [2.05, 4.69) is 5.32 Å². The number of carbonyl (C=O) groups excluding carboxylic acids is 1. The standard InChI is InChI=1S/C14H9ClFN3O/c15-11-3-1-8(5-9(11)7-17)14(20)19-10-2-4-12(16)13(18)6-10/h1-6H,18H2,(H,19,20). The van der Waals surface area contributed by atoms with Crippen LogP contribution in [-0.2, 0) is 0 Å². The van der Waals surface area contributed by atoms with E-state index in [4.69, 9.17) is 22.6 Å². The quantitative estimate of drug-likeness (QED) is 0.833. The van der Waals surface area contributed by atoms with E-state index >= 15 is 0 Å². The maximum atomic E-state index is 13.0. The summed E-state index contributed by atoms with van der Waals surface area (Å²) >= 11 is 5.79. The zero-order valence-corrected chi connectivity index (χ0v) is 10.9. The van der Waals surface area contributed by atoms with Gasteiger partial charge in [-0.2, -0.15) is 5.26 Å². The molecule has 0 aliphatic rings. The highest BCUT2D eigenvalue weighted by atomic mass is 35.5. The number of nitriles is 1. The van der Waals surface area contributed by atoms with Gasteiger partial charge in [0.1, 0.15) is 11.9 Å². The van der Waals surface area contributed by atoms with Gasteiger partial charge in [0.15, 0.2) is 0 Å². The van der Waals surface area contributed by atoms with Crippen LogP contribution in [0.25, 0.3) is 0 Å². The zero-order valence-electron chi connectivity index (χ0n) is 10.2. The van der Waals surface area contributed by atoms with Gasteiger partial charge in [0, 0.05) is 11.3 Å². The lowest BCUT2D eigenvalue weighted by molar-refractivity contribution is 0.102. The highest BCUT2D eigenvalue weighted by Crippen LogP contribution is 2.19. The Bertz CT molecular complexity index is 725. The van der Waals surface area contributed by atoms with Gasteiger partial charge >= 0.3 is 0 Å². The van der Waals surface area contributed by atoms with Crippen molar-refractivity contribution in [2.24, 2.45) is 0 Å². The highest BCUT2D eigenvalue weighted by molar-refractivity contribution is 6.31. The minimum absolute atomic E-state index is 0.0587. The summed E-state index contributed by atoms with van der Waals surface area (Å²) in [4.78, 5) is 12.0. The van der Waals surface area contributed by atoms with Crippen molar-refractivity contribution in [2.75, 3.05) is 11.1 Å². The van der Waals surface area contributed by atoms with Crippen LogP contribution >= 0.6 is 11.6 Å². The summed E-state index contributed by atoms with van der Waals surface area (Å²) in [5.41, 5.74) is 6.20. The topological polar surface area (TPSA) is 78.9 Å². The van der Waals surface area contributed by atoms with E-state index in [0.29, 0.717) is 5.69 Å². The molecule has 0 saturated carbocycles. The molecule has 0 spiro atoms. The fourth-order valence-corrected chi connectivity index (χ4v) is 1.74. The molecule has 2 rings (SSSR count). The number of hydrogen-bond donors (Lipinski definition) is 2. The second-order valence-corrected chi connectivity index (χ2v) is 4.40. The smallest absolute Gasteiger partial charge is 0.255 e. The summed E-state index contributed by atoms with van der Waals surface area (Å²) in [6.45, 7) is 0. The van der Waals surface area contributed by atoms with Gasteiger partial charge in [0.25, 0.3) is 5.91 Å². The average molecular weight is 290 g/mol. The highest BCUT2D eigenvalue weighted by Gasteiger charge is 2.10. The van der Waals surface area contributed by atoms with Crippen molar-refractivity contribution in [3.8, 4) is 6.07 Å². The van der Waals surface area contributed by atoms with E-state index in [9.17, 15) is 9.18 Å². The van der Waals surface area contributed by atoms with E-state index in [1.54, 1.807) is 0 Å². The number of nitrogens with two attached hydrogens (primary N) is 1. The molecule has 6 heteroatoms. The van der Waals surface area contributed by atoms with Gasteiger partial charge < -0.3 is 11.1 Å². The number of amides is 1. The largest absolute Gasteiger partial charge is 0.396 e. The van der Waals surface area contributed by atoms with Crippen LogP contribution in [0.1, 0.15) is 15.9 Å². The number of nitrogen functional groups attached to an aromatic ring is 1. The molecule has 2 aromatic carbocycles. The van der Waals surface area contributed by atoms with Crippen LogP contribution in [-0.4, -0.2) is 5.91 Å². The van der Waals surface area contributed by atoms with E-state index in [-0.39, 0.29) is 21.8 Å². The maximum Gasteiger partial charge on any atom is 0.255 e. The zero-order chi connectivity index (χ0) is 14.7. The first-order valence-corrected chi connectivity index (χ1v) is 5.95. The molecule has 0 radical (unpaired) electrons. The maximum absolute atomic E-state index is 13.0. The minimum Gasteiger partial charge on any atom is -0.396 e. The van der Waals surface area contributed by atoms with E-state index in [1.807, 2.05) is 6.07 Å². The second-order valence-electron chi connectivity index (χ2n) is 4.00. The van der Waals surface area contributed by atoms with Crippen LogP contribution in [0.15, 0.2) is 36.4 Å². The van der Waals surface area contributed by atoms with E-state index in [1.165, 1.54) is 30.3 Å². The summed E-state index contributed by atoms with van der Waals surface area (Å²) in [6.07, 6.45) is 0. The number of rotatable bonds is 2. The lowest BCUT2D eigenvalue weighted by Gasteiger charge is -2.07. The van der Waals surface area contributed by atoms with Crippen molar-refractivity contribution < 1.29 is 9.18 Å². The van der Waals surface area contributed by atoms with Crippen LogP contribution in [0.2, 0.25) is 5.02 Å². The van der Waals surface area contributed by atoms with Crippen LogP contribution in [0.3, 0.4) is 0 Å². The Labute approximate surface area is 119 Å². The first-order chi connectivity index (χ1) is 9.51. The molecule has 0 aliphatic carbocycles. The predicted octanol–water partition coefficient (Wildman–Crippen LogP) is 3.19. The lowest BCUT2D eigenvalue weighted by atomic mass is 10.1. The molecular formula is C14H9ClFN3O. The number of carbonyl (C=O) groups is 1. The molecule has 0 saturated heterocycles. The Kier molecular flexibility index (Phi) is 3.87. The van der Waals surface area contributed by atoms with Crippen LogP contribution < -0.4 is 11.1 Å². The molecule has 1 amide bonds. The summed E-state index contributed by atoms with van der Waals surface area (Å²) in [7, 11) is 0. The first-order valence-electron chi connectivity index (χ1n) is 5.57. The van der Waals surface area contributed by atoms with E-state index in [0.717, 1.165) is 6.07 Å². The van der Waals surface area contributed by atoms with Gasteiger partial charge in [-0.1, -0.05) is 11.6 Å². The van der Waals surface area contributed by atoms with Crippen LogP contribution in [0.5, 0.6) is 0 Å². The minimum atomic E-state index is -0.554. The Morgan fingerprint density at radius 1 is 1.30 bits per heavy atom. The van der Waals surface area contributed by atoms with Crippen molar-refractivity contribution in [3.63, 3.8) is 0 Å². The molecule has 0 atom stereocenters. The molecule has 0 fully saturated rings. The van der Waals surface area contributed by atoms with Crippen molar-refractivity contribution in [1.29, 1.82) is 5.26 Å². The second kappa shape index (κ2) is 5.59. The Balaban J connectivity index is 2.24. The average Bonchev–Trinajstić information content (AvgIpc) is 2.43. The van der Waals surface area contributed by atoms with Crippen molar-refractivity contribution >= 4 is 28.9 Å². The van der Waals surface area contributed by atoms with Crippen LogP contribution in [0, 0.1) is 17.1 Å². The molecule has 100 valence electrons. The number of nitrogens with zero attached hydrogens (tertiary/aromatic N) is 1. The third-order valence-corrected chi connectivity index (χ3v) is 2.93. The fraction of sp³-hybridized carbons (Fsp3) is 0. The van der Waals surface area contributed by atoms with Gasteiger partial charge in [0.2, 0.25) is 0 Å². The molecular weight excluding hydrogens is 281 g/mol. The Hall–Kier alpha value is -2.58. The molecule has 0 unspecified atom stereocenters. The molecule has 2 aromatic rings. The van der Waals surface area contributed by atoms with Gasteiger partial charge in [-0.15, -0.1) is 0 Å². The van der Waals surface area contributed by atoms with Crippen LogP contribution in [0.4, 0.5) is 15.8 Å². The van der Waals surface area contributed by atoms with Gasteiger partial charge in [-0.25, -0.2) is 4.39 Å². The molecule has 20 heavy (non-hydrogen) atoms. The number of anilines is 2. The number of hydrogen-bond acceptors (Lipinski definition) is 3. The normalized spacial score (nSPS) is 9.85. The Morgan fingerprint density at radius 2 is 2.05 bits per heavy atom. The van der Waals surface area contributed by atoms with Crippen molar-refractivity contribution in [1.82, 2.24) is 0 Å². The van der Waals surface area contributed by atoms with Crippen molar-refractivity contribution in [2.45, 2.75) is 0 Å². The summed E-state index contributed by atoms with van der Waals surface area (Å²) < 4.78 is 13.0. The summed E-state index contributed by atoms with van der Waals surface area (Å²) in [5, 5.41) is 11.7. The predicted molar refractivity (Wildman–Crippen MR) is 74.9 cm³/mol. The fourth-order valence-electron chi connectivity index (χ4n) is 1.58. The van der Waals surface area contributed by atoms with Crippen molar-refractivity contribution in [3.05, 3.63) is 58.4 Å². The number of benzene rings is 2. The summed E-state index contributed by atoms with van der Waals surface area (Å²) in [5.74, 6) is -0.995. The molecule has 3 N–H and O–H groups in total. The molecule has 0 aliphatic heterocycles. The van der Waals surface area contributed by atoms with Gasteiger partial charge in [-0.05, 0) is 36.4 Å². The Morgan fingerprint density at radius 3 is 2.70 bits per heavy atom. The first kappa shape index (κ1) is 13.8. The van der Waals surface area contributed by atoms with E-state index < -0.39 is 11.7 Å². The third-order valence-electron chi connectivity index (χ3n) is 2.60. The molecule has 0 bridgehead atoms. The van der Waals surface area contributed by atoms with Gasteiger partial charge in [-0.3, -0.25) is 4.79 Å². The molecule has 0 heterocycles. The molecule has 4 nitrogen and oxygen atoms in total. The number of nitrogens with one attached hydrogen (secondary N) is 1. The third kappa shape index (κ3) is 2.87. The SMILES string of the molecule is N#Cc1cc(C(=O)Nc2ccc(F)c(N)c2)ccc1Cl. The monoisotopic (exact) mass is 289 g/mol. The lowest BCUT2D eigenvalue weighted by Crippen LogP contribution is -2.12.